The minimum Gasteiger partial charge on any atom is -0.496 e. The first-order chi connectivity index (χ1) is 15.1. The molecule has 164 valence electrons. The fourth-order valence-electron chi connectivity index (χ4n) is 4.05. The SMILES string of the molecule is COc1ccccc1C1SCC(=O)N1CCN1CCN(C(=O)c2ccccc2Cl)CC1. The van der Waals surface area contributed by atoms with Gasteiger partial charge in [-0.3, -0.25) is 14.5 Å². The van der Waals surface area contributed by atoms with Gasteiger partial charge in [0.05, 0.1) is 23.4 Å². The summed E-state index contributed by atoms with van der Waals surface area (Å²) >= 11 is 7.83. The highest BCUT2D eigenvalue weighted by atomic mass is 35.5. The Balaban J connectivity index is 1.33. The van der Waals surface area contributed by atoms with Gasteiger partial charge in [0.25, 0.3) is 5.91 Å². The number of methoxy groups -OCH3 is 1. The largest absolute Gasteiger partial charge is 0.496 e. The van der Waals surface area contributed by atoms with Crippen molar-refractivity contribution in [1.29, 1.82) is 0 Å². The van der Waals surface area contributed by atoms with E-state index in [-0.39, 0.29) is 17.2 Å². The summed E-state index contributed by atoms with van der Waals surface area (Å²) in [6.07, 6.45) is 0. The van der Waals surface area contributed by atoms with E-state index >= 15 is 0 Å². The zero-order chi connectivity index (χ0) is 21.8. The Morgan fingerprint density at radius 1 is 1.06 bits per heavy atom. The van der Waals surface area contributed by atoms with Crippen LogP contribution in [0.25, 0.3) is 0 Å². The maximum absolute atomic E-state index is 12.8. The van der Waals surface area contributed by atoms with E-state index < -0.39 is 0 Å². The molecule has 0 radical (unpaired) electrons. The molecule has 2 aliphatic rings. The smallest absolute Gasteiger partial charge is 0.255 e. The number of ether oxygens (including phenoxy) is 1. The molecule has 0 spiro atoms. The molecule has 1 unspecified atom stereocenters. The number of hydrogen-bond donors (Lipinski definition) is 0. The minimum absolute atomic E-state index is 0.0207. The third kappa shape index (κ3) is 4.84. The monoisotopic (exact) mass is 459 g/mol. The van der Waals surface area contributed by atoms with Gasteiger partial charge in [-0.1, -0.05) is 41.9 Å². The lowest BCUT2D eigenvalue weighted by Gasteiger charge is -2.36. The Kier molecular flexibility index (Phi) is 7.05. The first-order valence-corrected chi connectivity index (χ1v) is 11.8. The molecule has 2 aromatic carbocycles. The summed E-state index contributed by atoms with van der Waals surface area (Å²) in [5.41, 5.74) is 1.59. The average Bonchev–Trinajstić information content (AvgIpc) is 3.18. The van der Waals surface area contributed by atoms with Crippen LogP contribution >= 0.6 is 23.4 Å². The maximum atomic E-state index is 12.8. The number of carbonyl (C=O) groups excluding carboxylic acids is 2. The number of benzene rings is 2. The van der Waals surface area contributed by atoms with Crippen LogP contribution in [-0.2, 0) is 4.79 Å². The molecule has 0 bridgehead atoms. The molecule has 6 nitrogen and oxygen atoms in total. The van der Waals surface area contributed by atoms with Crippen LogP contribution in [0.3, 0.4) is 0 Å². The third-order valence-electron chi connectivity index (χ3n) is 5.79. The van der Waals surface area contributed by atoms with E-state index in [2.05, 4.69) is 4.90 Å². The lowest BCUT2D eigenvalue weighted by Crippen LogP contribution is -2.50. The Hall–Kier alpha value is -2.22. The molecule has 31 heavy (non-hydrogen) atoms. The molecule has 0 saturated carbocycles. The molecule has 2 amide bonds. The highest BCUT2D eigenvalue weighted by Gasteiger charge is 2.34. The van der Waals surface area contributed by atoms with Gasteiger partial charge >= 0.3 is 0 Å². The summed E-state index contributed by atoms with van der Waals surface area (Å²) in [6, 6.07) is 15.1. The van der Waals surface area contributed by atoms with Crippen LogP contribution in [0.5, 0.6) is 5.75 Å². The highest BCUT2D eigenvalue weighted by molar-refractivity contribution is 8.00. The molecular weight excluding hydrogens is 434 g/mol. The number of nitrogens with zero attached hydrogens (tertiary/aromatic N) is 3. The second-order valence-corrected chi connectivity index (χ2v) is 9.08. The van der Waals surface area contributed by atoms with Crippen LogP contribution in [0.2, 0.25) is 5.02 Å². The van der Waals surface area contributed by atoms with Crippen LogP contribution in [-0.4, -0.2) is 78.6 Å². The van der Waals surface area contributed by atoms with Crippen molar-refractivity contribution in [3.8, 4) is 5.75 Å². The van der Waals surface area contributed by atoms with Crippen molar-refractivity contribution in [2.24, 2.45) is 0 Å². The van der Waals surface area contributed by atoms with E-state index in [1.54, 1.807) is 31.0 Å². The van der Waals surface area contributed by atoms with E-state index in [1.165, 1.54) is 0 Å². The van der Waals surface area contributed by atoms with Gasteiger partial charge in [0.2, 0.25) is 5.91 Å². The number of amides is 2. The zero-order valence-electron chi connectivity index (χ0n) is 17.5. The number of thioether (sulfide) groups is 1. The van der Waals surface area contributed by atoms with Crippen LogP contribution in [0.4, 0.5) is 0 Å². The fourth-order valence-corrected chi connectivity index (χ4v) is 5.51. The second kappa shape index (κ2) is 9.94. The predicted octanol–water partition coefficient (Wildman–Crippen LogP) is 3.38. The highest BCUT2D eigenvalue weighted by Crippen LogP contribution is 2.42. The molecule has 2 fully saturated rings. The van der Waals surface area contributed by atoms with E-state index in [9.17, 15) is 9.59 Å². The molecular formula is C23H26ClN3O3S. The molecule has 2 heterocycles. The summed E-state index contributed by atoms with van der Waals surface area (Å²) in [4.78, 5) is 31.4. The standard InChI is InChI=1S/C23H26ClN3O3S/c1-30-20-9-5-3-7-18(20)23-27(21(28)16-31-23)15-12-25-10-13-26(14-11-25)22(29)17-6-2-4-8-19(17)24/h2-9,23H,10-16H2,1H3. The summed E-state index contributed by atoms with van der Waals surface area (Å²) in [5.74, 6) is 1.44. The molecule has 0 N–H and O–H groups in total. The first kappa shape index (κ1) is 22.0. The van der Waals surface area contributed by atoms with Gasteiger partial charge in [0, 0.05) is 44.8 Å². The predicted molar refractivity (Wildman–Crippen MR) is 124 cm³/mol. The molecule has 2 aliphatic heterocycles. The Morgan fingerprint density at radius 3 is 2.52 bits per heavy atom. The van der Waals surface area contributed by atoms with Crippen molar-refractivity contribution in [1.82, 2.24) is 14.7 Å². The van der Waals surface area contributed by atoms with Crippen LogP contribution < -0.4 is 4.74 Å². The molecule has 0 aromatic heterocycles. The maximum Gasteiger partial charge on any atom is 0.255 e. The number of halogens is 1. The lowest BCUT2D eigenvalue weighted by molar-refractivity contribution is -0.128. The number of rotatable bonds is 6. The van der Waals surface area contributed by atoms with Gasteiger partial charge in [0.1, 0.15) is 11.1 Å². The van der Waals surface area contributed by atoms with Crippen molar-refractivity contribution < 1.29 is 14.3 Å². The van der Waals surface area contributed by atoms with Crippen LogP contribution in [0, 0.1) is 0 Å². The molecule has 1 atom stereocenters. The summed E-state index contributed by atoms with van der Waals surface area (Å²) in [5, 5.41) is 0.467. The van der Waals surface area contributed by atoms with Gasteiger partial charge in [-0.05, 0) is 18.2 Å². The minimum atomic E-state index is -0.0215. The Labute approximate surface area is 192 Å². The van der Waals surface area contributed by atoms with Gasteiger partial charge in [-0.25, -0.2) is 0 Å². The van der Waals surface area contributed by atoms with Crippen molar-refractivity contribution in [3.63, 3.8) is 0 Å². The third-order valence-corrected chi connectivity index (χ3v) is 7.36. The van der Waals surface area contributed by atoms with Crippen molar-refractivity contribution in [2.45, 2.75) is 5.37 Å². The summed E-state index contributed by atoms with van der Waals surface area (Å²) in [6.45, 7) is 4.32. The molecule has 2 aromatic rings. The van der Waals surface area contributed by atoms with Gasteiger partial charge in [0.15, 0.2) is 0 Å². The Bertz CT molecular complexity index is 949. The molecule has 8 heteroatoms. The van der Waals surface area contributed by atoms with Gasteiger partial charge in [-0.15, -0.1) is 11.8 Å². The normalized spacial score (nSPS) is 19.7. The summed E-state index contributed by atoms with van der Waals surface area (Å²) in [7, 11) is 1.66. The number of piperazine rings is 1. The number of hydrogen-bond acceptors (Lipinski definition) is 5. The van der Waals surface area contributed by atoms with E-state index in [1.807, 2.05) is 46.2 Å². The van der Waals surface area contributed by atoms with E-state index in [4.69, 9.17) is 16.3 Å². The quantitative estimate of drug-likeness (QED) is 0.662. The second-order valence-electron chi connectivity index (χ2n) is 7.61. The van der Waals surface area contributed by atoms with Crippen molar-refractivity contribution >= 4 is 35.2 Å². The van der Waals surface area contributed by atoms with Gasteiger partial charge < -0.3 is 14.5 Å². The van der Waals surface area contributed by atoms with Gasteiger partial charge in [-0.2, -0.15) is 0 Å². The Morgan fingerprint density at radius 2 is 1.77 bits per heavy atom. The summed E-state index contributed by atoms with van der Waals surface area (Å²) < 4.78 is 5.51. The number of para-hydroxylation sites is 1. The van der Waals surface area contributed by atoms with Crippen LogP contribution in [0.1, 0.15) is 21.3 Å². The van der Waals surface area contributed by atoms with E-state index in [0.29, 0.717) is 36.0 Å². The molecule has 2 saturated heterocycles. The van der Waals surface area contributed by atoms with Crippen molar-refractivity contribution in [2.75, 3.05) is 52.1 Å². The van der Waals surface area contributed by atoms with Crippen molar-refractivity contribution in [3.05, 3.63) is 64.7 Å². The van der Waals surface area contributed by atoms with E-state index in [0.717, 1.165) is 30.9 Å². The average molecular weight is 460 g/mol. The molecule has 0 aliphatic carbocycles. The zero-order valence-corrected chi connectivity index (χ0v) is 19.1. The fraction of sp³-hybridized carbons (Fsp3) is 0.391. The first-order valence-electron chi connectivity index (χ1n) is 10.4. The van der Waals surface area contributed by atoms with Crippen LogP contribution in [0.15, 0.2) is 48.5 Å². The lowest BCUT2D eigenvalue weighted by atomic mass is 10.1. The molecule has 4 rings (SSSR count). The topological polar surface area (TPSA) is 53.1 Å². The number of carbonyl (C=O) groups is 2.